The minimum absolute atomic E-state index is 0.0106. The number of hydrogen-bond donors (Lipinski definition) is 0. The van der Waals surface area contributed by atoms with Gasteiger partial charge in [0.2, 0.25) is 0 Å². The van der Waals surface area contributed by atoms with E-state index in [4.69, 9.17) is 4.74 Å². The number of carbonyl (C=O) groups excluding carboxylic acids is 1. The molecule has 2 heteroatoms. The predicted molar refractivity (Wildman–Crippen MR) is 97.5 cm³/mol. The summed E-state index contributed by atoms with van der Waals surface area (Å²) in [6.07, 6.45) is 3.98. The molecular weight excluding hydrogens is 296 g/mol. The van der Waals surface area contributed by atoms with E-state index in [0.29, 0.717) is 16.9 Å². The Morgan fingerprint density at radius 3 is 2.12 bits per heavy atom. The van der Waals surface area contributed by atoms with Gasteiger partial charge in [0.1, 0.15) is 11.5 Å². The van der Waals surface area contributed by atoms with Crippen molar-refractivity contribution in [3.8, 4) is 11.5 Å². The van der Waals surface area contributed by atoms with E-state index in [2.05, 4.69) is 0 Å². The maximum Gasteiger partial charge on any atom is 0.193 e. The third-order valence-corrected chi connectivity index (χ3v) is 3.65. The second kappa shape index (κ2) is 7.42. The first kappa shape index (κ1) is 15.8. The molecule has 0 heterocycles. The van der Waals surface area contributed by atoms with Gasteiger partial charge < -0.3 is 4.74 Å². The standard InChI is InChI=1S/C22H18O2/c1-2-8-17-9-6-7-12-21(17)24-20-15-13-19(14-16-20)22(23)18-10-4-3-5-11-18/h2-16H,1H3/b8-2-. The van der Waals surface area contributed by atoms with Gasteiger partial charge in [0, 0.05) is 16.7 Å². The molecule has 3 rings (SSSR count). The smallest absolute Gasteiger partial charge is 0.193 e. The minimum atomic E-state index is 0.0106. The second-order valence-electron chi connectivity index (χ2n) is 5.36. The molecule has 0 aromatic heterocycles. The Hall–Kier alpha value is -3.13. The Morgan fingerprint density at radius 1 is 0.792 bits per heavy atom. The van der Waals surface area contributed by atoms with Gasteiger partial charge in [-0.05, 0) is 37.3 Å². The molecule has 24 heavy (non-hydrogen) atoms. The van der Waals surface area contributed by atoms with Gasteiger partial charge >= 0.3 is 0 Å². The largest absolute Gasteiger partial charge is 0.457 e. The molecule has 0 bridgehead atoms. The zero-order valence-electron chi connectivity index (χ0n) is 13.5. The zero-order chi connectivity index (χ0) is 16.8. The van der Waals surface area contributed by atoms with E-state index in [0.717, 1.165) is 11.3 Å². The molecule has 0 saturated heterocycles. The van der Waals surface area contributed by atoms with Gasteiger partial charge in [-0.2, -0.15) is 0 Å². The molecule has 0 spiro atoms. The monoisotopic (exact) mass is 314 g/mol. The van der Waals surface area contributed by atoms with Crippen LogP contribution in [0.15, 0.2) is 84.9 Å². The molecule has 0 aliphatic heterocycles. The van der Waals surface area contributed by atoms with Crippen molar-refractivity contribution in [2.75, 3.05) is 0 Å². The molecule has 0 radical (unpaired) electrons. The summed E-state index contributed by atoms with van der Waals surface area (Å²) in [7, 11) is 0. The number of para-hydroxylation sites is 1. The summed E-state index contributed by atoms with van der Waals surface area (Å²) in [6, 6.07) is 24.3. The molecule has 3 aromatic rings. The van der Waals surface area contributed by atoms with E-state index in [9.17, 15) is 4.79 Å². The molecule has 3 aromatic carbocycles. The quantitative estimate of drug-likeness (QED) is 0.561. The lowest BCUT2D eigenvalue weighted by molar-refractivity contribution is 0.103. The normalized spacial score (nSPS) is 10.7. The lowest BCUT2D eigenvalue weighted by Gasteiger charge is -2.09. The van der Waals surface area contributed by atoms with Crippen LogP contribution in [0.3, 0.4) is 0 Å². The molecule has 0 unspecified atom stereocenters. The molecule has 2 nitrogen and oxygen atoms in total. The maximum absolute atomic E-state index is 12.4. The summed E-state index contributed by atoms with van der Waals surface area (Å²) in [5, 5.41) is 0. The Balaban J connectivity index is 1.79. The average molecular weight is 314 g/mol. The fourth-order valence-electron chi connectivity index (χ4n) is 2.45. The summed E-state index contributed by atoms with van der Waals surface area (Å²) in [5.41, 5.74) is 2.35. The number of carbonyl (C=O) groups is 1. The van der Waals surface area contributed by atoms with Crippen molar-refractivity contribution in [3.63, 3.8) is 0 Å². The highest BCUT2D eigenvalue weighted by Gasteiger charge is 2.09. The highest BCUT2D eigenvalue weighted by Crippen LogP contribution is 2.26. The molecule has 0 atom stereocenters. The molecule has 0 N–H and O–H groups in total. The summed E-state index contributed by atoms with van der Waals surface area (Å²) < 4.78 is 5.94. The third-order valence-electron chi connectivity index (χ3n) is 3.65. The molecule has 0 amide bonds. The lowest BCUT2D eigenvalue weighted by Crippen LogP contribution is -2.00. The molecule has 0 saturated carbocycles. The van der Waals surface area contributed by atoms with Gasteiger partial charge in [-0.15, -0.1) is 0 Å². The molecular formula is C22H18O2. The van der Waals surface area contributed by atoms with Crippen LogP contribution in [0.25, 0.3) is 6.08 Å². The SMILES string of the molecule is C/C=C\c1ccccc1Oc1ccc(C(=O)c2ccccc2)cc1. The molecule has 118 valence electrons. The number of allylic oxidation sites excluding steroid dienone is 1. The van der Waals surface area contributed by atoms with Crippen LogP contribution >= 0.6 is 0 Å². The van der Waals surface area contributed by atoms with Crippen LogP contribution in [0, 0.1) is 0 Å². The number of benzene rings is 3. The lowest BCUT2D eigenvalue weighted by atomic mass is 10.0. The van der Waals surface area contributed by atoms with E-state index < -0.39 is 0 Å². The topological polar surface area (TPSA) is 26.3 Å². The van der Waals surface area contributed by atoms with Crippen molar-refractivity contribution in [1.82, 2.24) is 0 Å². The van der Waals surface area contributed by atoms with Crippen molar-refractivity contribution in [1.29, 1.82) is 0 Å². The van der Waals surface area contributed by atoms with Gasteiger partial charge in [0.05, 0.1) is 0 Å². The number of rotatable bonds is 5. The van der Waals surface area contributed by atoms with Crippen LogP contribution in [0.5, 0.6) is 11.5 Å². The van der Waals surface area contributed by atoms with Crippen LogP contribution in [-0.2, 0) is 0 Å². The number of ether oxygens (including phenoxy) is 1. The summed E-state index contributed by atoms with van der Waals surface area (Å²) >= 11 is 0. The van der Waals surface area contributed by atoms with Crippen LogP contribution in [-0.4, -0.2) is 5.78 Å². The van der Waals surface area contributed by atoms with Gasteiger partial charge in [0.25, 0.3) is 0 Å². The average Bonchev–Trinajstić information content (AvgIpc) is 2.64. The van der Waals surface area contributed by atoms with Gasteiger partial charge in [0.15, 0.2) is 5.78 Å². The van der Waals surface area contributed by atoms with Crippen LogP contribution in [0.1, 0.15) is 28.4 Å². The van der Waals surface area contributed by atoms with Crippen LogP contribution < -0.4 is 4.74 Å². The Bertz CT molecular complexity index is 847. The first-order chi connectivity index (χ1) is 11.8. The minimum Gasteiger partial charge on any atom is -0.457 e. The third kappa shape index (κ3) is 3.61. The fourth-order valence-corrected chi connectivity index (χ4v) is 2.45. The first-order valence-corrected chi connectivity index (χ1v) is 7.87. The van der Waals surface area contributed by atoms with Crippen molar-refractivity contribution < 1.29 is 9.53 Å². The first-order valence-electron chi connectivity index (χ1n) is 7.87. The van der Waals surface area contributed by atoms with E-state index in [1.165, 1.54) is 0 Å². The van der Waals surface area contributed by atoms with Crippen LogP contribution in [0.2, 0.25) is 0 Å². The van der Waals surface area contributed by atoms with E-state index in [1.807, 2.05) is 85.8 Å². The number of ketones is 1. The number of hydrogen-bond acceptors (Lipinski definition) is 2. The van der Waals surface area contributed by atoms with Gasteiger partial charge in [-0.3, -0.25) is 4.79 Å². The Labute approximate surface area is 142 Å². The molecule has 0 aliphatic rings. The van der Waals surface area contributed by atoms with Crippen molar-refractivity contribution in [3.05, 3.63) is 102 Å². The summed E-state index contributed by atoms with van der Waals surface area (Å²) in [5.74, 6) is 1.51. The second-order valence-corrected chi connectivity index (χ2v) is 5.36. The summed E-state index contributed by atoms with van der Waals surface area (Å²) in [6.45, 7) is 1.97. The van der Waals surface area contributed by atoms with Crippen LogP contribution in [0.4, 0.5) is 0 Å². The van der Waals surface area contributed by atoms with E-state index >= 15 is 0 Å². The van der Waals surface area contributed by atoms with Crippen molar-refractivity contribution in [2.24, 2.45) is 0 Å². The van der Waals surface area contributed by atoms with Crippen molar-refractivity contribution >= 4 is 11.9 Å². The molecule has 0 fully saturated rings. The highest BCUT2D eigenvalue weighted by molar-refractivity contribution is 6.08. The molecule has 0 aliphatic carbocycles. The van der Waals surface area contributed by atoms with E-state index in [-0.39, 0.29) is 5.78 Å². The highest BCUT2D eigenvalue weighted by atomic mass is 16.5. The zero-order valence-corrected chi connectivity index (χ0v) is 13.5. The fraction of sp³-hybridized carbons (Fsp3) is 0.0455. The van der Waals surface area contributed by atoms with Crippen molar-refractivity contribution in [2.45, 2.75) is 6.92 Å². The Morgan fingerprint density at radius 2 is 1.42 bits per heavy atom. The van der Waals surface area contributed by atoms with E-state index in [1.54, 1.807) is 12.1 Å². The predicted octanol–water partition coefficient (Wildman–Crippen LogP) is 5.74. The maximum atomic E-state index is 12.4. The summed E-state index contributed by atoms with van der Waals surface area (Å²) in [4.78, 5) is 12.4. The van der Waals surface area contributed by atoms with Gasteiger partial charge in [-0.1, -0.05) is 60.7 Å². The Kier molecular flexibility index (Phi) is 4.87. The van der Waals surface area contributed by atoms with Gasteiger partial charge in [-0.25, -0.2) is 0 Å².